The zero-order valence-electron chi connectivity index (χ0n) is 15.3. The van der Waals surface area contributed by atoms with Crippen LogP contribution in [0.15, 0.2) is 40.9 Å². The molecule has 0 fully saturated rings. The third kappa shape index (κ3) is 3.22. The molecule has 0 aliphatic heterocycles. The molecule has 0 saturated carbocycles. The lowest BCUT2D eigenvalue weighted by Gasteiger charge is -2.13. The molecule has 1 amide bonds. The number of para-hydroxylation sites is 1. The summed E-state index contributed by atoms with van der Waals surface area (Å²) in [6.45, 7) is 9.95. The lowest BCUT2D eigenvalue weighted by atomic mass is 10.0. The van der Waals surface area contributed by atoms with Gasteiger partial charge in [-0.3, -0.25) is 9.36 Å². The average Bonchev–Trinajstić information content (AvgIpc) is 3.10. The third-order valence-electron chi connectivity index (χ3n) is 4.35. The SMILES string of the molecule is Cc1cc(-n2c(C)cc(C(=O)Nc3ccccc3C(C)C)c2C)no1. The van der Waals surface area contributed by atoms with Crippen molar-refractivity contribution in [2.24, 2.45) is 0 Å². The number of carbonyl (C=O) groups excluding carboxylic acids is 1. The minimum absolute atomic E-state index is 0.118. The highest BCUT2D eigenvalue weighted by Gasteiger charge is 2.19. The molecule has 0 atom stereocenters. The maximum absolute atomic E-state index is 12.8. The fraction of sp³-hybridized carbons (Fsp3) is 0.300. The van der Waals surface area contributed by atoms with E-state index in [1.54, 1.807) is 0 Å². The number of nitrogens with zero attached hydrogens (tertiary/aromatic N) is 2. The van der Waals surface area contributed by atoms with Gasteiger partial charge in [0.05, 0.1) is 5.56 Å². The van der Waals surface area contributed by atoms with E-state index in [0.29, 0.717) is 17.3 Å². The Balaban J connectivity index is 1.94. The molecule has 130 valence electrons. The normalized spacial score (nSPS) is 11.1. The molecule has 0 aliphatic carbocycles. The van der Waals surface area contributed by atoms with Gasteiger partial charge in [-0.05, 0) is 44.4 Å². The first-order valence-electron chi connectivity index (χ1n) is 8.41. The average molecular weight is 337 g/mol. The molecular formula is C20H23N3O2. The fourth-order valence-electron chi connectivity index (χ4n) is 3.11. The van der Waals surface area contributed by atoms with Crippen LogP contribution in [0, 0.1) is 20.8 Å². The highest BCUT2D eigenvalue weighted by molar-refractivity contribution is 6.05. The van der Waals surface area contributed by atoms with Crippen molar-refractivity contribution in [3.8, 4) is 5.82 Å². The fourth-order valence-corrected chi connectivity index (χ4v) is 3.11. The summed E-state index contributed by atoms with van der Waals surface area (Å²) in [5.41, 5.74) is 4.39. The van der Waals surface area contributed by atoms with Crippen molar-refractivity contribution in [2.45, 2.75) is 40.5 Å². The molecule has 0 saturated heterocycles. The largest absolute Gasteiger partial charge is 0.360 e. The second-order valence-electron chi connectivity index (χ2n) is 6.61. The summed E-state index contributed by atoms with van der Waals surface area (Å²) in [6.07, 6.45) is 0. The maximum atomic E-state index is 12.8. The molecule has 0 radical (unpaired) electrons. The summed E-state index contributed by atoms with van der Waals surface area (Å²) in [4.78, 5) is 12.8. The van der Waals surface area contributed by atoms with Crippen LogP contribution in [0.1, 0.15) is 52.8 Å². The topological polar surface area (TPSA) is 60.1 Å². The summed E-state index contributed by atoms with van der Waals surface area (Å²) < 4.78 is 7.10. The van der Waals surface area contributed by atoms with Crippen LogP contribution in [-0.2, 0) is 0 Å². The van der Waals surface area contributed by atoms with Crippen molar-refractivity contribution in [2.75, 3.05) is 5.32 Å². The van der Waals surface area contributed by atoms with Crippen LogP contribution >= 0.6 is 0 Å². The first-order valence-corrected chi connectivity index (χ1v) is 8.41. The number of aromatic nitrogens is 2. The number of amides is 1. The van der Waals surface area contributed by atoms with E-state index < -0.39 is 0 Å². The highest BCUT2D eigenvalue weighted by Crippen LogP contribution is 2.26. The number of anilines is 1. The monoisotopic (exact) mass is 337 g/mol. The van der Waals surface area contributed by atoms with Crippen LogP contribution in [0.2, 0.25) is 0 Å². The molecule has 3 rings (SSSR count). The Kier molecular flexibility index (Phi) is 4.49. The quantitative estimate of drug-likeness (QED) is 0.746. The van der Waals surface area contributed by atoms with Gasteiger partial charge in [-0.25, -0.2) is 0 Å². The van der Waals surface area contributed by atoms with E-state index in [4.69, 9.17) is 4.52 Å². The number of hydrogen-bond donors (Lipinski definition) is 1. The van der Waals surface area contributed by atoms with Crippen LogP contribution in [0.3, 0.4) is 0 Å². The van der Waals surface area contributed by atoms with E-state index >= 15 is 0 Å². The second kappa shape index (κ2) is 6.59. The van der Waals surface area contributed by atoms with Crippen molar-refractivity contribution in [1.29, 1.82) is 0 Å². The molecule has 0 spiro atoms. The van der Waals surface area contributed by atoms with Crippen LogP contribution < -0.4 is 5.32 Å². The molecule has 1 aromatic carbocycles. The lowest BCUT2D eigenvalue weighted by Crippen LogP contribution is -2.14. The Labute approximate surface area is 147 Å². The third-order valence-corrected chi connectivity index (χ3v) is 4.35. The minimum atomic E-state index is -0.118. The van der Waals surface area contributed by atoms with Crippen molar-refractivity contribution in [3.05, 3.63) is 64.7 Å². The van der Waals surface area contributed by atoms with Gasteiger partial charge >= 0.3 is 0 Å². The molecule has 0 bridgehead atoms. The molecule has 25 heavy (non-hydrogen) atoms. The van der Waals surface area contributed by atoms with Gasteiger partial charge in [0.2, 0.25) is 0 Å². The van der Waals surface area contributed by atoms with E-state index in [-0.39, 0.29) is 5.91 Å². The molecule has 5 nitrogen and oxygen atoms in total. The number of aryl methyl sites for hydroxylation is 2. The number of hydrogen-bond acceptors (Lipinski definition) is 3. The molecule has 2 aromatic heterocycles. The van der Waals surface area contributed by atoms with Gasteiger partial charge in [-0.1, -0.05) is 37.2 Å². The standard InChI is InChI=1S/C20H23N3O2/c1-12(2)16-8-6-7-9-18(16)21-20(24)17-10-13(3)23(15(17)5)19-11-14(4)25-22-19/h6-12H,1-5H3,(H,21,24). The van der Waals surface area contributed by atoms with Gasteiger partial charge in [0.15, 0.2) is 5.82 Å². The van der Waals surface area contributed by atoms with E-state index in [1.165, 1.54) is 0 Å². The van der Waals surface area contributed by atoms with Gasteiger partial charge in [0.25, 0.3) is 5.91 Å². The van der Waals surface area contributed by atoms with E-state index in [1.807, 2.05) is 61.7 Å². The maximum Gasteiger partial charge on any atom is 0.257 e. The predicted molar refractivity (Wildman–Crippen MR) is 98.5 cm³/mol. The molecule has 0 unspecified atom stereocenters. The van der Waals surface area contributed by atoms with Crippen LogP contribution in [0.4, 0.5) is 5.69 Å². The zero-order valence-corrected chi connectivity index (χ0v) is 15.3. The molecule has 5 heteroatoms. The smallest absolute Gasteiger partial charge is 0.257 e. The van der Waals surface area contributed by atoms with Crippen molar-refractivity contribution in [1.82, 2.24) is 9.72 Å². The van der Waals surface area contributed by atoms with Crippen LogP contribution in [0.5, 0.6) is 0 Å². The van der Waals surface area contributed by atoms with Gasteiger partial charge in [-0.2, -0.15) is 0 Å². The molecule has 2 heterocycles. The lowest BCUT2D eigenvalue weighted by molar-refractivity contribution is 0.102. The van der Waals surface area contributed by atoms with Gasteiger partial charge in [0.1, 0.15) is 5.76 Å². The predicted octanol–water partition coefficient (Wildman–Crippen LogP) is 4.77. The molecule has 0 aliphatic rings. The zero-order chi connectivity index (χ0) is 18.1. The summed E-state index contributed by atoms with van der Waals surface area (Å²) >= 11 is 0. The van der Waals surface area contributed by atoms with Gasteiger partial charge in [0, 0.05) is 23.1 Å². The second-order valence-corrected chi connectivity index (χ2v) is 6.61. The Morgan fingerprint density at radius 2 is 1.88 bits per heavy atom. The summed E-state index contributed by atoms with van der Waals surface area (Å²) in [5.74, 6) is 1.64. The Bertz CT molecular complexity index is 919. The van der Waals surface area contributed by atoms with E-state index in [9.17, 15) is 4.79 Å². The Morgan fingerprint density at radius 3 is 2.52 bits per heavy atom. The van der Waals surface area contributed by atoms with Crippen molar-refractivity contribution >= 4 is 11.6 Å². The molecule has 3 aromatic rings. The highest BCUT2D eigenvalue weighted by atomic mass is 16.5. The van der Waals surface area contributed by atoms with Crippen molar-refractivity contribution < 1.29 is 9.32 Å². The first kappa shape index (κ1) is 17.0. The first-order chi connectivity index (χ1) is 11.9. The van der Waals surface area contributed by atoms with Gasteiger partial charge < -0.3 is 9.84 Å². The van der Waals surface area contributed by atoms with E-state index in [2.05, 4.69) is 24.3 Å². The summed E-state index contributed by atoms with van der Waals surface area (Å²) in [5, 5.41) is 7.11. The summed E-state index contributed by atoms with van der Waals surface area (Å²) in [7, 11) is 0. The summed E-state index contributed by atoms with van der Waals surface area (Å²) in [6, 6.07) is 11.6. The number of carbonyl (C=O) groups is 1. The molecular weight excluding hydrogens is 314 g/mol. The van der Waals surface area contributed by atoms with Gasteiger partial charge in [-0.15, -0.1) is 0 Å². The Morgan fingerprint density at radius 1 is 1.16 bits per heavy atom. The Hall–Kier alpha value is -2.82. The van der Waals surface area contributed by atoms with Crippen LogP contribution in [-0.4, -0.2) is 15.6 Å². The molecule has 1 N–H and O–H groups in total. The number of rotatable bonds is 4. The number of benzene rings is 1. The van der Waals surface area contributed by atoms with Crippen LogP contribution in [0.25, 0.3) is 5.82 Å². The van der Waals surface area contributed by atoms with E-state index in [0.717, 1.165) is 28.4 Å². The number of nitrogens with one attached hydrogen (secondary N) is 1. The minimum Gasteiger partial charge on any atom is -0.360 e. The van der Waals surface area contributed by atoms with Crippen molar-refractivity contribution in [3.63, 3.8) is 0 Å².